The monoisotopic (exact) mass is 1110 g/mol. The molecule has 1 unspecified atom stereocenters. The van der Waals surface area contributed by atoms with Crippen molar-refractivity contribution in [2.75, 3.05) is 66.9 Å². The van der Waals surface area contributed by atoms with Gasteiger partial charge < -0.3 is 64.2 Å². The van der Waals surface area contributed by atoms with Crippen LogP contribution in [0.5, 0.6) is 5.75 Å². The molecule has 0 spiro atoms. The van der Waals surface area contributed by atoms with Crippen LogP contribution in [0, 0.1) is 5.92 Å². The number of nitrogens with one attached hydrogen (secondary N) is 5. The third-order valence-electron chi connectivity index (χ3n) is 14.6. The normalized spacial score (nSPS) is 25.3. The number of methoxy groups -OCH3 is 2. The molecular weight excluding hydrogens is 1030 g/mol. The number of halogens is 1. The highest BCUT2D eigenvalue weighted by molar-refractivity contribution is 6.35. The van der Waals surface area contributed by atoms with Gasteiger partial charge in [0, 0.05) is 90.8 Å². The van der Waals surface area contributed by atoms with Gasteiger partial charge in [-0.05, 0) is 69.5 Å². The molecule has 24 heteroatoms. The van der Waals surface area contributed by atoms with Crippen LogP contribution in [0.1, 0.15) is 64.6 Å². The van der Waals surface area contributed by atoms with E-state index < -0.39 is 95.9 Å². The SMILES string of the molecule is CNN(C)Cc1cc2ccccc2n1CCC(=O)NCCNC(=O)C(O)C(=O)NCCC(=O)N(C)[C@@H](C)C(=O)O[C@H]1CC(=O)N(C)c2cc(cc(OC)c2Cl)C/C(C)=C/C=C/[C@@H](OC)[C@@]2(O)C[C@H](OC(=O)N2)[C@@H](C)[C@@H]2O[C@@]12C. The number of anilines is 1. The van der Waals surface area contributed by atoms with Crippen molar-refractivity contribution < 1.29 is 67.5 Å². The summed E-state index contributed by atoms with van der Waals surface area (Å²) in [5.41, 5.74) is 3.79. The van der Waals surface area contributed by atoms with Crippen molar-refractivity contribution in [3.05, 3.63) is 82.5 Å². The lowest BCUT2D eigenvalue weighted by Gasteiger charge is -2.42. The Morgan fingerprint density at radius 1 is 1.01 bits per heavy atom. The number of ether oxygens (including phenoxy) is 5. The summed E-state index contributed by atoms with van der Waals surface area (Å²) in [5, 5.41) is 35.4. The fourth-order valence-electron chi connectivity index (χ4n) is 9.67. The summed E-state index contributed by atoms with van der Waals surface area (Å²) in [6.45, 7) is 7.36. The summed E-state index contributed by atoms with van der Waals surface area (Å²) in [5.74, 6) is -4.71. The molecule has 6 amide bonds. The van der Waals surface area contributed by atoms with Crippen molar-refractivity contribution in [2.45, 2.75) is 121 Å². The number of fused-ring (bicyclic) bond motifs is 6. The molecule has 3 aromatic rings. The maximum atomic E-state index is 14.3. The van der Waals surface area contributed by atoms with Gasteiger partial charge in [-0.2, -0.15) is 0 Å². The Morgan fingerprint density at radius 2 is 1.71 bits per heavy atom. The van der Waals surface area contributed by atoms with E-state index in [1.807, 2.05) is 56.4 Å². The number of aliphatic hydroxyl groups is 2. The summed E-state index contributed by atoms with van der Waals surface area (Å²) in [6.07, 6.45) is -2.20. The summed E-state index contributed by atoms with van der Waals surface area (Å²) in [6, 6.07) is 12.2. The molecule has 2 fully saturated rings. The number of aliphatic hydroxyl groups excluding tert-OH is 1. The van der Waals surface area contributed by atoms with E-state index in [4.69, 9.17) is 35.3 Å². The Labute approximate surface area is 458 Å². The number of likely N-dealkylation sites (N-methyl/N-ethyl adjacent to an activating group) is 1. The summed E-state index contributed by atoms with van der Waals surface area (Å²) in [7, 11) is 9.46. The Morgan fingerprint density at radius 3 is 2.40 bits per heavy atom. The van der Waals surface area contributed by atoms with Gasteiger partial charge in [-0.1, -0.05) is 60.5 Å². The largest absolute Gasteiger partial charge is 0.495 e. The van der Waals surface area contributed by atoms with Gasteiger partial charge in [0.15, 0.2) is 5.72 Å². The standard InChI is InChI=1S/C54H74ClN9O14/c1-31-14-13-17-41(75-10)54(73)29-40(76-52(72)60-54)32(2)48-53(4,78-48)42(28-45(67)63(8)38-25-34(24-31)26-39(74-9)46(38)55)77-51(71)33(3)62(7)44(66)18-20-58-49(69)47(68)50(70)59-22-21-57-43(65)19-23-64-36(30-61(6)56-5)27-35-15-11-12-16-37(35)64/h11-17,25-27,32-33,40-42,47-48,56,68,73H,18-24,28-30H2,1-10H3,(H,57,65)(H,58,69)(H,59,70)(H,60,72)/b17-13+,31-14+/t32-,33+,40+,41-,42+,47?,48+,53+,54+/m1/s1. The van der Waals surface area contributed by atoms with E-state index in [0.29, 0.717) is 30.9 Å². The van der Waals surface area contributed by atoms with Crippen LogP contribution in [0.4, 0.5) is 10.5 Å². The third kappa shape index (κ3) is 14.5. The topological polar surface area (TPSA) is 284 Å². The predicted octanol–water partition coefficient (Wildman–Crippen LogP) is 2.23. The van der Waals surface area contributed by atoms with Crippen LogP contribution in [0.3, 0.4) is 0 Å². The quantitative estimate of drug-likeness (QED) is 0.0298. The zero-order chi connectivity index (χ0) is 57.2. The van der Waals surface area contributed by atoms with Gasteiger partial charge in [0.1, 0.15) is 40.7 Å². The van der Waals surface area contributed by atoms with Crippen LogP contribution in [-0.2, 0) is 67.2 Å². The van der Waals surface area contributed by atoms with Crippen LogP contribution in [0.15, 0.2) is 66.3 Å². The molecule has 7 N–H and O–H groups in total. The number of rotatable bonds is 19. The number of benzene rings is 2. The predicted molar refractivity (Wildman–Crippen MR) is 288 cm³/mol. The van der Waals surface area contributed by atoms with Crippen LogP contribution in [-0.4, -0.2) is 176 Å². The lowest BCUT2D eigenvalue weighted by atomic mass is 9.83. The zero-order valence-electron chi connectivity index (χ0n) is 45.8. The molecule has 4 bridgehead atoms. The third-order valence-corrected chi connectivity index (χ3v) is 15.0. The first kappa shape index (κ1) is 60.6. The van der Waals surface area contributed by atoms with Crippen molar-refractivity contribution in [3.63, 3.8) is 0 Å². The molecule has 3 aliphatic rings. The lowest BCUT2D eigenvalue weighted by Crippen LogP contribution is -2.63. The van der Waals surface area contributed by atoms with E-state index in [-0.39, 0.29) is 49.8 Å². The van der Waals surface area contributed by atoms with Crippen molar-refractivity contribution in [1.82, 2.24) is 41.2 Å². The van der Waals surface area contributed by atoms with E-state index in [2.05, 4.69) is 37.3 Å². The average Bonchev–Trinajstić information content (AvgIpc) is 4.17. The van der Waals surface area contributed by atoms with Crippen molar-refractivity contribution in [3.8, 4) is 5.75 Å². The number of aromatic nitrogens is 1. The first-order valence-corrected chi connectivity index (χ1v) is 26.1. The number of amides is 6. The first-order valence-electron chi connectivity index (χ1n) is 25.8. The van der Waals surface area contributed by atoms with Crippen molar-refractivity contribution in [2.24, 2.45) is 5.92 Å². The fraction of sp³-hybridized carbons (Fsp3) is 0.537. The minimum atomic E-state index is -2.12. The van der Waals surface area contributed by atoms with E-state index >= 15 is 0 Å². The van der Waals surface area contributed by atoms with E-state index in [1.54, 1.807) is 38.1 Å². The maximum absolute atomic E-state index is 14.3. The lowest BCUT2D eigenvalue weighted by molar-refractivity contribution is -0.162. The van der Waals surface area contributed by atoms with Crippen molar-refractivity contribution >= 4 is 69.8 Å². The smallest absolute Gasteiger partial charge is 0.409 e. The average molecular weight is 1110 g/mol. The summed E-state index contributed by atoms with van der Waals surface area (Å²) >= 11 is 6.80. The van der Waals surface area contributed by atoms with Gasteiger partial charge in [0.05, 0.1) is 31.9 Å². The minimum absolute atomic E-state index is 0.0354. The molecule has 0 radical (unpaired) electrons. The maximum Gasteiger partial charge on any atom is 0.409 e. The number of aryl methyl sites for hydroxylation is 1. The molecule has 78 heavy (non-hydrogen) atoms. The van der Waals surface area contributed by atoms with E-state index in [0.717, 1.165) is 32.6 Å². The van der Waals surface area contributed by atoms with E-state index in [1.165, 1.54) is 40.1 Å². The van der Waals surface area contributed by atoms with E-state index in [9.17, 15) is 43.8 Å². The van der Waals surface area contributed by atoms with Crippen LogP contribution >= 0.6 is 11.6 Å². The molecule has 4 heterocycles. The number of alkyl carbamates (subject to hydrolysis) is 1. The summed E-state index contributed by atoms with van der Waals surface area (Å²) < 4.78 is 31.4. The number of epoxide rings is 1. The minimum Gasteiger partial charge on any atom is -0.495 e. The number of hydrazine groups is 1. The van der Waals surface area contributed by atoms with Crippen LogP contribution in [0.2, 0.25) is 5.02 Å². The molecule has 1 aromatic heterocycles. The van der Waals surface area contributed by atoms with Gasteiger partial charge in [-0.15, -0.1) is 0 Å². The molecule has 2 aromatic carbocycles. The molecular formula is C54H74ClN9O14. The molecule has 2 saturated heterocycles. The van der Waals surface area contributed by atoms with Crippen molar-refractivity contribution in [1.29, 1.82) is 0 Å². The number of esters is 1. The first-order chi connectivity index (χ1) is 36.9. The molecule has 9 atom stereocenters. The fourth-order valence-corrected chi connectivity index (χ4v) is 9.99. The highest BCUT2D eigenvalue weighted by Gasteiger charge is 2.64. The Hall–Kier alpha value is -6.60. The highest BCUT2D eigenvalue weighted by Crippen LogP contribution is 2.49. The zero-order valence-corrected chi connectivity index (χ0v) is 46.6. The molecule has 426 valence electrons. The van der Waals surface area contributed by atoms with Gasteiger partial charge in [-0.25, -0.2) is 14.6 Å². The molecule has 3 aliphatic heterocycles. The number of allylic oxidation sites excluding steroid dienone is 3. The Balaban J connectivity index is 1.04. The second-order valence-corrected chi connectivity index (χ2v) is 20.5. The molecule has 0 saturated carbocycles. The number of para-hydroxylation sites is 1. The van der Waals surface area contributed by atoms with Crippen LogP contribution in [0.25, 0.3) is 10.9 Å². The number of carbonyl (C=O) groups is 7. The molecule has 23 nitrogen and oxygen atoms in total. The number of hydrogen-bond acceptors (Lipinski definition) is 16. The summed E-state index contributed by atoms with van der Waals surface area (Å²) in [4.78, 5) is 95.4. The second kappa shape index (κ2) is 26.4. The Kier molecular flexibility index (Phi) is 20.5. The highest BCUT2D eigenvalue weighted by atomic mass is 35.5. The van der Waals surface area contributed by atoms with Crippen LogP contribution < -0.4 is 36.3 Å². The van der Waals surface area contributed by atoms with Gasteiger partial charge in [-0.3, -0.25) is 34.7 Å². The second-order valence-electron chi connectivity index (χ2n) is 20.2. The van der Waals surface area contributed by atoms with Gasteiger partial charge >= 0.3 is 12.1 Å². The Bertz CT molecular complexity index is 2770. The number of carbonyl (C=O) groups excluding carboxylic acids is 7. The number of nitrogens with zero attached hydrogens (tertiary/aromatic N) is 4. The van der Waals surface area contributed by atoms with Gasteiger partial charge in [0.2, 0.25) is 23.8 Å². The molecule has 6 rings (SSSR count). The van der Waals surface area contributed by atoms with Gasteiger partial charge in [0.25, 0.3) is 11.8 Å². The number of hydrogen-bond donors (Lipinski definition) is 7. The molecule has 0 aliphatic carbocycles.